The molecule has 0 aliphatic heterocycles. The zero-order chi connectivity index (χ0) is 9.56. The van der Waals surface area contributed by atoms with Crippen molar-refractivity contribution in [3.05, 3.63) is 0 Å². The maximum absolute atomic E-state index is 10.0. The second kappa shape index (κ2) is 10.4. The topological polar surface area (TPSA) is 119 Å². The summed E-state index contributed by atoms with van der Waals surface area (Å²) in [4.78, 5) is 16.4. The molecule has 0 aliphatic rings. The van der Waals surface area contributed by atoms with Gasteiger partial charge in [-0.3, -0.25) is 13.7 Å². The van der Waals surface area contributed by atoms with Crippen molar-refractivity contribution in [3.8, 4) is 0 Å². The van der Waals surface area contributed by atoms with E-state index in [0.29, 0.717) is 0 Å². The van der Waals surface area contributed by atoms with Gasteiger partial charge in [0.25, 0.3) is 0 Å². The molecular weight excluding hydrogens is 247 g/mol. The molecule has 0 fully saturated rings. The fourth-order valence-corrected chi connectivity index (χ4v) is 1.12. The fraction of sp³-hybridized carbons (Fsp3) is 1.00. The third kappa shape index (κ3) is 13.9. The molecule has 0 amide bonds. The monoisotopic (exact) mass is 259 g/mol. The summed E-state index contributed by atoms with van der Waals surface area (Å²) in [6.07, 6.45) is -0.851. The average molecular weight is 259 g/mol. The zero-order valence-electron chi connectivity index (χ0n) is 6.10. The predicted octanol–water partition coefficient (Wildman–Crippen LogP) is -1.19. The van der Waals surface area contributed by atoms with Crippen LogP contribution in [0.4, 0.5) is 0 Å². The van der Waals surface area contributed by atoms with Crippen LogP contribution in [0.1, 0.15) is 6.42 Å². The third-order valence-corrected chi connectivity index (χ3v) is 1.84. The maximum atomic E-state index is 10.0. The number of nitrogens with two attached hydrogens (primary N) is 1. The molecule has 0 radical (unpaired) electrons. The van der Waals surface area contributed by atoms with Crippen molar-refractivity contribution in [1.82, 2.24) is 0 Å². The molecule has 0 saturated carbocycles. The van der Waals surface area contributed by atoms with Gasteiger partial charge >= 0.3 is 67.9 Å². The van der Waals surface area contributed by atoms with Crippen molar-refractivity contribution in [2.75, 3.05) is 6.61 Å². The van der Waals surface area contributed by atoms with Gasteiger partial charge in [0, 0.05) is 6.42 Å². The summed E-state index contributed by atoms with van der Waals surface area (Å²) in [5.74, 6) is 0. The van der Waals surface area contributed by atoms with E-state index in [2.05, 4.69) is 9.05 Å². The van der Waals surface area contributed by atoms with Crippen LogP contribution in [0.25, 0.3) is 0 Å². The van der Waals surface area contributed by atoms with Gasteiger partial charge in [-0.05, 0) is 0 Å². The molecule has 3 atom stereocenters. The number of hydrogen-bond acceptors (Lipinski definition) is 5. The molecule has 0 saturated heterocycles. The van der Waals surface area contributed by atoms with E-state index in [0.717, 1.165) is 0 Å². The summed E-state index contributed by atoms with van der Waals surface area (Å²) in [6.45, 7) is -0.0788. The van der Waals surface area contributed by atoms with Gasteiger partial charge < -0.3 is 20.0 Å². The fourth-order valence-electron chi connectivity index (χ4n) is 0.451. The van der Waals surface area contributed by atoms with E-state index < -0.39 is 22.7 Å². The Balaban J connectivity index is 0. The molecule has 0 rings (SSSR count). The first-order valence-corrected chi connectivity index (χ1v) is 5.56. The van der Waals surface area contributed by atoms with Gasteiger partial charge in [0.1, 0.15) is 6.23 Å². The first kappa shape index (κ1) is 17.3. The Hall–Kier alpha value is 1.90. The Labute approximate surface area is 119 Å². The normalized spacial score (nSPS) is 17.2. The molecule has 10 heteroatoms. The van der Waals surface area contributed by atoms with Gasteiger partial charge in [-0.25, -0.2) is 0 Å². The molecule has 76 valence electrons. The van der Waals surface area contributed by atoms with Gasteiger partial charge in [-0.2, -0.15) is 0 Å². The SMILES string of the molecule is NC(CCO[PH](=O)O)O[PH](=O)O.[KH]. The second-order valence-electron chi connectivity index (χ2n) is 1.83. The van der Waals surface area contributed by atoms with Crippen molar-refractivity contribution in [3.63, 3.8) is 0 Å². The summed E-state index contributed by atoms with van der Waals surface area (Å²) in [7, 11) is -6.00. The van der Waals surface area contributed by atoms with Gasteiger partial charge in [0.15, 0.2) is 0 Å². The van der Waals surface area contributed by atoms with Crippen LogP contribution >= 0.6 is 16.5 Å². The summed E-state index contributed by atoms with van der Waals surface area (Å²) in [5.41, 5.74) is 5.15. The van der Waals surface area contributed by atoms with Crippen LogP contribution in [-0.2, 0) is 18.2 Å². The summed E-state index contributed by atoms with van der Waals surface area (Å²) < 4.78 is 28.5. The van der Waals surface area contributed by atoms with E-state index in [1.54, 1.807) is 0 Å². The Morgan fingerprint density at radius 3 is 2.23 bits per heavy atom. The van der Waals surface area contributed by atoms with Crippen molar-refractivity contribution >= 4 is 67.9 Å². The third-order valence-electron chi connectivity index (χ3n) is 0.880. The van der Waals surface area contributed by atoms with Crippen LogP contribution in [-0.4, -0.2) is 74.0 Å². The van der Waals surface area contributed by atoms with Crippen molar-refractivity contribution in [2.24, 2.45) is 5.73 Å². The molecule has 7 nitrogen and oxygen atoms in total. The minimum absolute atomic E-state index is 0. The Morgan fingerprint density at radius 2 is 1.85 bits per heavy atom. The first-order chi connectivity index (χ1) is 5.52. The van der Waals surface area contributed by atoms with E-state index >= 15 is 0 Å². The molecule has 0 aromatic rings. The summed E-state index contributed by atoms with van der Waals surface area (Å²) >= 11 is 0. The standard InChI is InChI=1S/C3H11NO6P2.K.H/c4-3(10-12(7)8)1-2-9-11(5)6;;/h3,11-12H,1-2,4H2,(H,5,6)(H,7,8);;. The molecule has 4 N–H and O–H groups in total. The van der Waals surface area contributed by atoms with E-state index in [1.165, 1.54) is 0 Å². The average Bonchev–Trinajstić information content (AvgIpc) is 1.84. The van der Waals surface area contributed by atoms with E-state index in [-0.39, 0.29) is 64.4 Å². The quantitative estimate of drug-likeness (QED) is 0.311. The van der Waals surface area contributed by atoms with Crippen molar-refractivity contribution in [2.45, 2.75) is 12.6 Å². The first-order valence-electron chi connectivity index (χ1n) is 3.03. The van der Waals surface area contributed by atoms with Crippen LogP contribution in [0.2, 0.25) is 0 Å². The van der Waals surface area contributed by atoms with Gasteiger partial charge in [-0.15, -0.1) is 0 Å². The molecule has 0 aromatic carbocycles. The van der Waals surface area contributed by atoms with Crippen molar-refractivity contribution in [1.29, 1.82) is 0 Å². The van der Waals surface area contributed by atoms with Crippen LogP contribution in [0.3, 0.4) is 0 Å². The second-order valence-corrected chi connectivity index (χ2v) is 3.41. The predicted molar refractivity (Wildman–Crippen MR) is 49.2 cm³/mol. The van der Waals surface area contributed by atoms with Crippen LogP contribution < -0.4 is 5.73 Å². The molecule has 0 aliphatic carbocycles. The van der Waals surface area contributed by atoms with E-state index in [1.807, 2.05) is 0 Å². The zero-order valence-corrected chi connectivity index (χ0v) is 8.10. The molecule has 0 bridgehead atoms. The Morgan fingerprint density at radius 1 is 1.31 bits per heavy atom. The van der Waals surface area contributed by atoms with Gasteiger partial charge in [-0.1, -0.05) is 0 Å². The van der Waals surface area contributed by atoms with Crippen LogP contribution in [0.5, 0.6) is 0 Å². The Bertz CT molecular complexity index is 179. The van der Waals surface area contributed by atoms with Crippen LogP contribution in [0.15, 0.2) is 0 Å². The van der Waals surface area contributed by atoms with E-state index in [4.69, 9.17) is 15.5 Å². The molecule has 0 spiro atoms. The summed E-state index contributed by atoms with van der Waals surface area (Å²) in [5, 5.41) is 0. The van der Waals surface area contributed by atoms with Gasteiger partial charge in [0.2, 0.25) is 0 Å². The molecule has 13 heavy (non-hydrogen) atoms. The molecule has 0 aromatic heterocycles. The van der Waals surface area contributed by atoms with Crippen molar-refractivity contribution < 1.29 is 28.0 Å². The molecule has 0 heterocycles. The van der Waals surface area contributed by atoms with Crippen LogP contribution in [0, 0.1) is 0 Å². The molecule has 3 unspecified atom stereocenters. The minimum atomic E-state index is -3.05. The van der Waals surface area contributed by atoms with E-state index in [9.17, 15) is 9.13 Å². The Kier molecular flexibility index (Phi) is 13.9. The summed E-state index contributed by atoms with van der Waals surface area (Å²) in [6, 6.07) is 0. The van der Waals surface area contributed by atoms with Gasteiger partial charge in [0.05, 0.1) is 6.61 Å². The number of rotatable bonds is 6. The number of hydrogen-bond donors (Lipinski definition) is 3. The molecular formula is C3H12KNO6P2.